The molecular weight excluding hydrogens is 369 g/mol. The van der Waals surface area contributed by atoms with Crippen molar-refractivity contribution in [3.8, 4) is 0 Å². The quantitative estimate of drug-likeness (QED) is 0.861. The van der Waals surface area contributed by atoms with Crippen LogP contribution in [0.5, 0.6) is 0 Å². The Balaban J connectivity index is 1.86. The molecule has 0 aliphatic carbocycles. The number of nitrogens with zero attached hydrogens (tertiary/aromatic N) is 2. The first-order chi connectivity index (χ1) is 12.2. The van der Waals surface area contributed by atoms with Crippen molar-refractivity contribution in [3.63, 3.8) is 0 Å². The first kappa shape index (κ1) is 19.6. The predicted octanol–water partition coefficient (Wildman–Crippen LogP) is 2.93. The summed E-state index contributed by atoms with van der Waals surface area (Å²) in [6, 6.07) is 3.86. The van der Waals surface area contributed by atoms with Gasteiger partial charge in [-0.25, -0.2) is 0 Å². The minimum absolute atomic E-state index is 0.0372. The Hall–Kier alpha value is -1.16. The van der Waals surface area contributed by atoms with E-state index in [0.717, 1.165) is 37.8 Å². The second-order valence-corrected chi connectivity index (χ2v) is 8.80. The van der Waals surface area contributed by atoms with Gasteiger partial charge in [0.2, 0.25) is 0 Å². The molecule has 0 amide bonds. The molecule has 146 valence electrons. The molecule has 5 nitrogen and oxygen atoms in total. The summed E-state index contributed by atoms with van der Waals surface area (Å²) >= 11 is 0. The van der Waals surface area contributed by atoms with Crippen molar-refractivity contribution in [2.75, 3.05) is 19.6 Å². The topological polar surface area (TPSA) is 60.9 Å². The smallest absolute Gasteiger partial charge is 0.392 e. The van der Waals surface area contributed by atoms with E-state index in [4.69, 9.17) is 0 Å². The molecule has 1 aromatic rings. The van der Waals surface area contributed by atoms with Gasteiger partial charge in [0.05, 0.1) is 17.7 Å². The summed E-state index contributed by atoms with van der Waals surface area (Å²) in [5.41, 5.74) is -0.310. The van der Waals surface area contributed by atoms with Crippen molar-refractivity contribution >= 4 is 10.2 Å². The summed E-state index contributed by atoms with van der Waals surface area (Å²) in [7, 11) is -3.77. The van der Waals surface area contributed by atoms with Crippen molar-refractivity contribution in [2.24, 2.45) is 0 Å². The highest BCUT2D eigenvalue weighted by Crippen LogP contribution is 2.37. The van der Waals surface area contributed by atoms with Crippen LogP contribution in [-0.2, 0) is 16.4 Å². The average molecular weight is 392 g/mol. The molecular formula is C17H23F3N2O3S. The summed E-state index contributed by atoms with van der Waals surface area (Å²) in [6.07, 6.45) is -1.54. The highest BCUT2D eigenvalue weighted by molar-refractivity contribution is 7.86. The molecule has 2 atom stereocenters. The lowest BCUT2D eigenvalue weighted by molar-refractivity contribution is -0.137. The number of β-amino-alcohol motifs (C(OH)–C–C–N with tert-alkyl or cyclic N) is 1. The third kappa shape index (κ3) is 4.05. The zero-order valence-corrected chi connectivity index (χ0v) is 15.1. The number of aliphatic hydroxyl groups excluding tert-OH is 1. The number of alkyl halides is 3. The van der Waals surface area contributed by atoms with E-state index in [0.29, 0.717) is 18.7 Å². The van der Waals surface area contributed by atoms with E-state index in [1.165, 1.54) is 20.7 Å². The Labute approximate surface area is 151 Å². The van der Waals surface area contributed by atoms with Gasteiger partial charge in [0.1, 0.15) is 0 Å². The summed E-state index contributed by atoms with van der Waals surface area (Å²) < 4.78 is 67.1. The molecule has 2 fully saturated rings. The molecule has 0 spiro atoms. The monoisotopic (exact) mass is 392 g/mol. The summed E-state index contributed by atoms with van der Waals surface area (Å²) in [5, 5.41) is 10.0. The van der Waals surface area contributed by atoms with Gasteiger partial charge in [0.15, 0.2) is 0 Å². The van der Waals surface area contributed by atoms with Gasteiger partial charge in [-0.3, -0.25) is 0 Å². The maximum absolute atomic E-state index is 13.1. The third-order valence-electron chi connectivity index (χ3n) is 5.04. The Kier molecular flexibility index (Phi) is 5.62. The van der Waals surface area contributed by atoms with Gasteiger partial charge in [0, 0.05) is 19.6 Å². The molecule has 1 aromatic carbocycles. The van der Waals surface area contributed by atoms with Crippen LogP contribution in [0, 0.1) is 0 Å². The molecule has 0 unspecified atom stereocenters. The van der Waals surface area contributed by atoms with Crippen molar-refractivity contribution in [1.29, 1.82) is 0 Å². The number of hydrogen-bond donors (Lipinski definition) is 1. The molecule has 0 aromatic heterocycles. The average Bonchev–Trinajstić information content (AvgIpc) is 2.80. The normalized spacial score (nSPS) is 26.8. The number of rotatable bonds is 3. The number of aliphatic hydroxyl groups is 1. The fraction of sp³-hybridized carbons (Fsp3) is 0.647. The lowest BCUT2D eigenvalue weighted by atomic mass is 10.0. The molecule has 1 N–H and O–H groups in total. The standard InChI is InChI=1S/C17H23F3N2O3S/c18-17(19,20)14-7-5-13(6-8-14)16-11-15(23)12-22(16)26(24,25)21-9-3-1-2-4-10-21/h5-8,15-16,23H,1-4,9-12H2/t15-,16+/m1/s1. The van der Waals surface area contributed by atoms with Crippen molar-refractivity contribution < 1.29 is 26.7 Å². The molecule has 0 bridgehead atoms. The molecule has 3 rings (SSSR count). The largest absolute Gasteiger partial charge is 0.416 e. The Morgan fingerprint density at radius 1 is 1.00 bits per heavy atom. The Morgan fingerprint density at radius 3 is 2.12 bits per heavy atom. The Morgan fingerprint density at radius 2 is 1.58 bits per heavy atom. The number of benzene rings is 1. The lowest BCUT2D eigenvalue weighted by Gasteiger charge is -2.30. The molecule has 0 radical (unpaired) electrons. The molecule has 26 heavy (non-hydrogen) atoms. The van der Waals surface area contributed by atoms with Crippen molar-refractivity contribution in [1.82, 2.24) is 8.61 Å². The molecule has 2 heterocycles. The van der Waals surface area contributed by atoms with Gasteiger partial charge in [-0.2, -0.15) is 30.2 Å². The van der Waals surface area contributed by atoms with Gasteiger partial charge >= 0.3 is 6.18 Å². The summed E-state index contributed by atoms with van der Waals surface area (Å²) in [5.74, 6) is 0. The minimum atomic E-state index is -4.44. The van der Waals surface area contributed by atoms with Crippen LogP contribution in [0.15, 0.2) is 24.3 Å². The van der Waals surface area contributed by atoms with Crippen molar-refractivity contribution in [2.45, 2.75) is 50.4 Å². The molecule has 2 aliphatic heterocycles. The van der Waals surface area contributed by atoms with E-state index < -0.39 is 34.1 Å². The SMILES string of the molecule is O=S(=O)(N1CCCCCC1)N1C[C@H](O)C[C@H]1c1ccc(C(F)(F)F)cc1. The van der Waals surface area contributed by atoms with Crippen LogP contribution in [0.1, 0.15) is 49.3 Å². The van der Waals surface area contributed by atoms with E-state index in [1.54, 1.807) is 0 Å². The fourth-order valence-corrected chi connectivity index (χ4v) is 5.56. The first-order valence-corrected chi connectivity index (χ1v) is 10.2. The van der Waals surface area contributed by atoms with Crippen LogP contribution < -0.4 is 0 Å². The van der Waals surface area contributed by atoms with E-state index in [2.05, 4.69) is 0 Å². The van der Waals surface area contributed by atoms with E-state index in [9.17, 15) is 26.7 Å². The predicted molar refractivity (Wildman–Crippen MR) is 90.5 cm³/mol. The zero-order chi connectivity index (χ0) is 18.9. The van der Waals surface area contributed by atoms with Crippen LogP contribution in [0.4, 0.5) is 13.2 Å². The summed E-state index contributed by atoms with van der Waals surface area (Å²) in [4.78, 5) is 0. The second kappa shape index (κ2) is 7.46. The molecule has 2 aliphatic rings. The maximum atomic E-state index is 13.1. The van der Waals surface area contributed by atoms with E-state index in [1.807, 2.05) is 0 Å². The highest BCUT2D eigenvalue weighted by Gasteiger charge is 2.42. The van der Waals surface area contributed by atoms with E-state index >= 15 is 0 Å². The molecule has 0 saturated carbocycles. The second-order valence-electron chi connectivity index (χ2n) is 6.92. The van der Waals surface area contributed by atoms with Gasteiger partial charge in [-0.1, -0.05) is 25.0 Å². The van der Waals surface area contributed by atoms with Crippen LogP contribution in [0.3, 0.4) is 0 Å². The van der Waals surface area contributed by atoms with Gasteiger partial charge in [-0.05, 0) is 37.0 Å². The van der Waals surface area contributed by atoms with Crippen LogP contribution in [0.25, 0.3) is 0 Å². The van der Waals surface area contributed by atoms with Crippen LogP contribution >= 0.6 is 0 Å². The number of hydrogen-bond acceptors (Lipinski definition) is 3. The zero-order valence-electron chi connectivity index (χ0n) is 14.3. The van der Waals surface area contributed by atoms with Gasteiger partial charge in [-0.15, -0.1) is 0 Å². The highest BCUT2D eigenvalue weighted by atomic mass is 32.2. The van der Waals surface area contributed by atoms with E-state index in [-0.39, 0.29) is 13.0 Å². The Bertz CT molecular complexity index is 714. The lowest BCUT2D eigenvalue weighted by Crippen LogP contribution is -2.44. The molecule has 9 heteroatoms. The third-order valence-corrected chi connectivity index (χ3v) is 7.06. The fourth-order valence-electron chi connectivity index (χ4n) is 3.66. The van der Waals surface area contributed by atoms with Gasteiger partial charge < -0.3 is 5.11 Å². The van der Waals surface area contributed by atoms with Crippen LogP contribution in [0.2, 0.25) is 0 Å². The minimum Gasteiger partial charge on any atom is -0.392 e. The summed E-state index contributed by atoms with van der Waals surface area (Å²) in [6.45, 7) is 0.841. The number of halogens is 3. The maximum Gasteiger partial charge on any atom is 0.416 e. The first-order valence-electron chi connectivity index (χ1n) is 8.82. The molecule has 2 saturated heterocycles. The van der Waals surface area contributed by atoms with Crippen LogP contribution in [-0.4, -0.2) is 47.9 Å². The van der Waals surface area contributed by atoms with Gasteiger partial charge in [0.25, 0.3) is 10.2 Å². The van der Waals surface area contributed by atoms with Crippen molar-refractivity contribution in [3.05, 3.63) is 35.4 Å².